The second-order valence-electron chi connectivity index (χ2n) is 6.58. The van der Waals surface area contributed by atoms with Crippen LogP contribution in [0.25, 0.3) is 16.9 Å². The first-order chi connectivity index (χ1) is 14.5. The number of aromatic nitrogens is 4. The number of hydrogen-bond acceptors (Lipinski definition) is 6. The van der Waals surface area contributed by atoms with Crippen LogP contribution in [-0.2, 0) is 4.79 Å². The van der Waals surface area contributed by atoms with E-state index in [1.54, 1.807) is 0 Å². The van der Waals surface area contributed by atoms with Gasteiger partial charge in [0.1, 0.15) is 5.82 Å². The van der Waals surface area contributed by atoms with Crippen molar-refractivity contribution in [1.29, 1.82) is 0 Å². The number of nitrogens with zero attached hydrogens (tertiary/aromatic N) is 4. The topological polar surface area (TPSA) is 72.7 Å². The van der Waals surface area contributed by atoms with E-state index in [1.165, 1.54) is 28.7 Å². The molecular formula is C21H18ClN5OS2. The minimum Gasteiger partial charge on any atom is -0.301 e. The number of amides is 1. The molecule has 0 radical (unpaired) electrons. The van der Waals surface area contributed by atoms with Crippen LogP contribution in [0.1, 0.15) is 11.4 Å². The lowest BCUT2D eigenvalue weighted by atomic mass is 10.2. The van der Waals surface area contributed by atoms with E-state index < -0.39 is 0 Å². The van der Waals surface area contributed by atoms with Crippen LogP contribution < -0.4 is 5.32 Å². The van der Waals surface area contributed by atoms with E-state index >= 15 is 0 Å². The summed E-state index contributed by atoms with van der Waals surface area (Å²) in [6.45, 7) is 3.94. The Balaban J connectivity index is 1.40. The Hall–Kier alpha value is -2.68. The third-order valence-corrected chi connectivity index (χ3v) is 6.25. The molecule has 4 aromatic rings. The maximum absolute atomic E-state index is 12.4. The Morgan fingerprint density at radius 2 is 1.83 bits per heavy atom. The average molecular weight is 456 g/mol. The van der Waals surface area contributed by atoms with Gasteiger partial charge >= 0.3 is 0 Å². The van der Waals surface area contributed by atoms with Crippen LogP contribution in [-0.4, -0.2) is 31.4 Å². The summed E-state index contributed by atoms with van der Waals surface area (Å²) in [7, 11) is 0. The Morgan fingerprint density at radius 1 is 1.10 bits per heavy atom. The van der Waals surface area contributed by atoms with E-state index in [4.69, 9.17) is 11.6 Å². The molecule has 6 nitrogen and oxygen atoms in total. The molecule has 152 valence electrons. The van der Waals surface area contributed by atoms with Crippen molar-refractivity contribution in [1.82, 2.24) is 19.7 Å². The van der Waals surface area contributed by atoms with Gasteiger partial charge in [0.2, 0.25) is 5.91 Å². The molecule has 1 N–H and O–H groups in total. The van der Waals surface area contributed by atoms with Crippen LogP contribution in [0.15, 0.2) is 59.1 Å². The lowest BCUT2D eigenvalue weighted by Crippen LogP contribution is -2.14. The van der Waals surface area contributed by atoms with Crippen molar-refractivity contribution in [3.05, 3.63) is 70.3 Å². The standard InChI is InChI=1S/C21H18ClN5OS2/c1-13-3-9-17(10-4-13)27-14(2)25-26-21(27)30-12-19(28)24-20-23-18(11-29-20)15-5-7-16(22)8-6-15/h3-11H,12H2,1-2H3,(H,23,24,28). The van der Waals surface area contributed by atoms with Crippen LogP contribution in [0.3, 0.4) is 0 Å². The van der Waals surface area contributed by atoms with Gasteiger partial charge in [-0.15, -0.1) is 21.5 Å². The highest BCUT2D eigenvalue weighted by Crippen LogP contribution is 2.27. The second kappa shape index (κ2) is 8.99. The number of thiazole rings is 1. The third-order valence-electron chi connectivity index (χ3n) is 4.31. The number of hydrogen-bond donors (Lipinski definition) is 1. The van der Waals surface area contributed by atoms with E-state index in [1.807, 2.05) is 72.3 Å². The summed E-state index contributed by atoms with van der Waals surface area (Å²) in [5.41, 5.74) is 3.90. The van der Waals surface area contributed by atoms with E-state index in [0.29, 0.717) is 15.3 Å². The number of rotatable bonds is 6. The zero-order valence-electron chi connectivity index (χ0n) is 16.3. The molecule has 0 fully saturated rings. The lowest BCUT2D eigenvalue weighted by Gasteiger charge is -2.08. The van der Waals surface area contributed by atoms with Crippen molar-refractivity contribution in [3.63, 3.8) is 0 Å². The summed E-state index contributed by atoms with van der Waals surface area (Å²) in [6, 6.07) is 15.5. The normalized spacial score (nSPS) is 10.9. The first-order valence-electron chi connectivity index (χ1n) is 9.13. The monoisotopic (exact) mass is 455 g/mol. The van der Waals surface area contributed by atoms with Crippen LogP contribution in [0, 0.1) is 13.8 Å². The fourth-order valence-corrected chi connectivity index (χ4v) is 4.46. The summed E-state index contributed by atoms with van der Waals surface area (Å²) in [5.74, 6) is 0.835. The van der Waals surface area contributed by atoms with E-state index in [2.05, 4.69) is 20.5 Å². The van der Waals surface area contributed by atoms with Gasteiger partial charge in [-0.2, -0.15) is 0 Å². The van der Waals surface area contributed by atoms with Gasteiger partial charge in [-0.05, 0) is 38.1 Å². The van der Waals surface area contributed by atoms with Crippen LogP contribution in [0.2, 0.25) is 5.02 Å². The van der Waals surface area contributed by atoms with Gasteiger partial charge in [-0.1, -0.05) is 53.2 Å². The molecule has 0 aliphatic carbocycles. The molecule has 2 aromatic heterocycles. The Morgan fingerprint density at radius 3 is 2.57 bits per heavy atom. The van der Waals surface area contributed by atoms with Crippen molar-refractivity contribution in [2.45, 2.75) is 19.0 Å². The smallest absolute Gasteiger partial charge is 0.236 e. The van der Waals surface area contributed by atoms with Gasteiger partial charge in [0, 0.05) is 21.7 Å². The maximum Gasteiger partial charge on any atom is 0.236 e. The Labute approximate surface area is 187 Å². The predicted molar refractivity (Wildman–Crippen MR) is 123 cm³/mol. The number of carbonyl (C=O) groups excluding carboxylic acids is 1. The van der Waals surface area contributed by atoms with Crippen molar-refractivity contribution in [3.8, 4) is 16.9 Å². The summed E-state index contributed by atoms with van der Waals surface area (Å²) in [5, 5.41) is 15.0. The average Bonchev–Trinajstić information content (AvgIpc) is 3.34. The zero-order chi connectivity index (χ0) is 21.1. The fourth-order valence-electron chi connectivity index (χ4n) is 2.80. The molecule has 0 aliphatic rings. The third kappa shape index (κ3) is 4.72. The molecule has 0 saturated carbocycles. The van der Waals surface area contributed by atoms with Crippen molar-refractivity contribution >= 4 is 45.7 Å². The summed E-state index contributed by atoms with van der Waals surface area (Å²) in [4.78, 5) is 16.9. The molecule has 0 spiro atoms. The van der Waals surface area contributed by atoms with Gasteiger partial charge < -0.3 is 5.32 Å². The minimum atomic E-state index is -0.145. The van der Waals surface area contributed by atoms with E-state index in [9.17, 15) is 4.79 Å². The summed E-state index contributed by atoms with van der Waals surface area (Å²) >= 11 is 8.65. The van der Waals surface area contributed by atoms with Gasteiger partial charge in [-0.25, -0.2) is 4.98 Å². The van der Waals surface area contributed by atoms with E-state index in [0.717, 1.165) is 22.8 Å². The van der Waals surface area contributed by atoms with Gasteiger partial charge in [0.05, 0.1) is 11.4 Å². The summed E-state index contributed by atoms with van der Waals surface area (Å²) < 4.78 is 1.94. The van der Waals surface area contributed by atoms with Crippen molar-refractivity contribution in [2.24, 2.45) is 0 Å². The van der Waals surface area contributed by atoms with Crippen LogP contribution in [0.4, 0.5) is 5.13 Å². The second-order valence-corrected chi connectivity index (χ2v) is 8.82. The molecule has 4 rings (SSSR count). The number of benzene rings is 2. The zero-order valence-corrected chi connectivity index (χ0v) is 18.7. The number of aryl methyl sites for hydroxylation is 2. The van der Waals surface area contributed by atoms with Gasteiger partial charge in [0.15, 0.2) is 10.3 Å². The van der Waals surface area contributed by atoms with Gasteiger partial charge in [0.25, 0.3) is 0 Å². The molecule has 2 aromatic carbocycles. The highest BCUT2D eigenvalue weighted by Gasteiger charge is 2.14. The molecule has 0 atom stereocenters. The fraction of sp³-hybridized carbons (Fsp3) is 0.143. The van der Waals surface area contributed by atoms with Crippen LogP contribution in [0.5, 0.6) is 0 Å². The van der Waals surface area contributed by atoms with E-state index in [-0.39, 0.29) is 11.7 Å². The maximum atomic E-state index is 12.4. The van der Waals surface area contributed by atoms with Gasteiger partial charge in [-0.3, -0.25) is 9.36 Å². The molecular weight excluding hydrogens is 438 g/mol. The highest BCUT2D eigenvalue weighted by atomic mass is 35.5. The minimum absolute atomic E-state index is 0.145. The first kappa shape index (κ1) is 20.6. The molecule has 0 saturated heterocycles. The summed E-state index contributed by atoms with van der Waals surface area (Å²) in [6.07, 6.45) is 0. The molecule has 2 heterocycles. The number of halogens is 1. The number of anilines is 1. The Bertz CT molecular complexity index is 1170. The van der Waals surface area contributed by atoms with Crippen LogP contribution >= 0.6 is 34.7 Å². The first-order valence-corrected chi connectivity index (χ1v) is 11.4. The SMILES string of the molecule is Cc1ccc(-n2c(C)nnc2SCC(=O)Nc2nc(-c3ccc(Cl)cc3)cs2)cc1. The Kier molecular flexibility index (Phi) is 6.17. The number of thioether (sulfide) groups is 1. The van der Waals surface area contributed by atoms with Crippen molar-refractivity contribution in [2.75, 3.05) is 11.1 Å². The molecule has 9 heteroatoms. The number of carbonyl (C=O) groups is 1. The molecule has 30 heavy (non-hydrogen) atoms. The predicted octanol–water partition coefficient (Wildman–Crippen LogP) is 5.39. The highest BCUT2D eigenvalue weighted by molar-refractivity contribution is 7.99. The quantitative estimate of drug-likeness (QED) is 0.394. The molecule has 0 bridgehead atoms. The van der Waals surface area contributed by atoms with Crippen molar-refractivity contribution < 1.29 is 4.79 Å². The molecule has 0 aliphatic heterocycles. The molecule has 0 unspecified atom stereocenters. The lowest BCUT2D eigenvalue weighted by molar-refractivity contribution is -0.113. The largest absolute Gasteiger partial charge is 0.301 e. The number of nitrogens with one attached hydrogen (secondary N) is 1. The molecule has 1 amide bonds.